The standard InChI is InChI=1S/C25H29N7O3/c1-15(2)31-10-9-20(30-31)18-12-19(22(35-5)11-16(18)3)25(34)29-23-8-6-7-21(28-23)24-26-14-27-32(24)17(4)13-33/h6-12,14-15,17,33H,13H2,1-5H3,(H,28,29,34)/t17-/m1/s1. The summed E-state index contributed by atoms with van der Waals surface area (Å²) < 4.78 is 8.98. The number of rotatable bonds is 8. The van der Waals surface area contributed by atoms with E-state index in [1.165, 1.54) is 13.4 Å². The van der Waals surface area contributed by atoms with E-state index in [4.69, 9.17) is 4.74 Å². The molecule has 0 saturated carbocycles. The van der Waals surface area contributed by atoms with Crippen LogP contribution >= 0.6 is 0 Å². The van der Waals surface area contributed by atoms with Crippen LogP contribution in [0.4, 0.5) is 5.82 Å². The third kappa shape index (κ3) is 4.92. The molecule has 0 radical (unpaired) electrons. The molecule has 3 aromatic heterocycles. The van der Waals surface area contributed by atoms with Crippen molar-refractivity contribution in [3.63, 3.8) is 0 Å². The quantitative estimate of drug-likeness (QED) is 0.396. The average molecular weight is 476 g/mol. The number of carbonyl (C=O) groups excluding carboxylic acids is 1. The van der Waals surface area contributed by atoms with Gasteiger partial charge in [-0.2, -0.15) is 10.2 Å². The van der Waals surface area contributed by atoms with E-state index in [-0.39, 0.29) is 24.6 Å². The zero-order valence-electron chi connectivity index (χ0n) is 20.4. The number of carbonyl (C=O) groups is 1. The number of aliphatic hydroxyl groups excluding tert-OH is 1. The molecule has 0 fully saturated rings. The number of benzene rings is 1. The van der Waals surface area contributed by atoms with Crippen molar-refractivity contribution >= 4 is 11.7 Å². The second-order valence-corrected chi connectivity index (χ2v) is 8.56. The fourth-order valence-electron chi connectivity index (χ4n) is 3.72. The number of aromatic nitrogens is 6. The molecule has 1 aromatic carbocycles. The molecule has 3 heterocycles. The highest BCUT2D eigenvalue weighted by molar-refractivity contribution is 6.06. The summed E-state index contributed by atoms with van der Waals surface area (Å²) in [5.74, 6) is 0.950. The van der Waals surface area contributed by atoms with E-state index in [0.29, 0.717) is 28.6 Å². The Morgan fingerprint density at radius 3 is 2.66 bits per heavy atom. The molecule has 0 bridgehead atoms. The second kappa shape index (κ2) is 10.1. The van der Waals surface area contributed by atoms with Crippen molar-refractivity contribution < 1.29 is 14.6 Å². The Kier molecular flexibility index (Phi) is 6.92. The number of aryl methyl sites for hydroxylation is 1. The first kappa shape index (κ1) is 24.1. The first-order chi connectivity index (χ1) is 16.8. The van der Waals surface area contributed by atoms with E-state index < -0.39 is 0 Å². The highest BCUT2D eigenvalue weighted by Crippen LogP contribution is 2.31. The van der Waals surface area contributed by atoms with Gasteiger partial charge in [0, 0.05) is 17.8 Å². The Labute approximate surface area is 203 Å². The smallest absolute Gasteiger partial charge is 0.260 e. The van der Waals surface area contributed by atoms with Gasteiger partial charge in [0.05, 0.1) is 31.0 Å². The number of hydrogen-bond donors (Lipinski definition) is 2. The molecule has 1 atom stereocenters. The normalized spacial score (nSPS) is 12.1. The van der Waals surface area contributed by atoms with E-state index in [2.05, 4.69) is 39.3 Å². The van der Waals surface area contributed by atoms with Crippen molar-refractivity contribution in [1.82, 2.24) is 29.5 Å². The molecule has 0 unspecified atom stereocenters. The second-order valence-electron chi connectivity index (χ2n) is 8.56. The van der Waals surface area contributed by atoms with Crippen molar-refractivity contribution in [2.45, 2.75) is 39.8 Å². The minimum Gasteiger partial charge on any atom is -0.496 e. The molecule has 4 aromatic rings. The van der Waals surface area contributed by atoms with Gasteiger partial charge in [-0.25, -0.2) is 14.6 Å². The molecule has 10 heteroatoms. The van der Waals surface area contributed by atoms with Crippen LogP contribution in [0.3, 0.4) is 0 Å². The first-order valence-electron chi connectivity index (χ1n) is 11.4. The van der Waals surface area contributed by atoms with Crippen LogP contribution in [0.15, 0.2) is 48.9 Å². The maximum absolute atomic E-state index is 13.3. The number of hydrogen-bond acceptors (Lipinski definition) is 7. The van der Waals surface area contributed by atoms with Gasteiger partial charge in [0.2, 0.25) is 0 Å². The molecule has 2 N–H and O–H groups in total. The van der Waals surface area contributed by atoms with Gasteiger partial charge in [0.1, 0.15) is 23.6 Å². The summed E-state index contributed by atoms with van der Waals surface area (Å²) in [4.78, 5) is 22.1. The summed E-state index contributed by atoms with van der Waals surface area (Å²) >= 11 is 0. The Morgan fingerprint density at radius 1 is 1.17 bits per heavy atom. The fraction of sp³-hybridized carbons (Fsp3) is 0.320. The summed E-state index contributed by atoms with van der Waals surface area (Å²) in [5.41, 5.74) is 3.48. The molecular formula is C25H29N7O3. The van der Waals surface area contributed by atoms with Crippen LogP contribution in [0.25, 0.3) is 22.8 Å². The molecule has 10 nitrogen and oxygen atoms in total. The predicted octanol–water partition coefficient (Wildman–Crippen LogP) is 3.91. The lowest BCUT2D eigenvalue weighted by Gasteiger charge is -2.14. The first-order valence-corrected chi connectivity index (χ1v) is 11.4. The maximum Gasteiger partial charge on any atom is 0.260 e. The monoisotopic (exact) mass is 475 g/mol. The molecule has 35 heavy (non-hydrogen) atoms. The molecule has 0 aliphatic rings. The number of aliphatic hydroxyl groups is 1. The third-order valence-electron chi connectivity index (χ3n) is 5.68. The van der Waals surface area contributed by atoms with Gasteiger partial charge >= 0.3 is 0 Å². The Hall–Kier alpha value is -4.05. The predicted molar refractivity (Wildman–Crippen MR) is 132 cm³/mol. The van der Waals surface area contributed by atoms with Crippen molar-refractivity contribution in [1.29, 1.82) is 0 Å². The van der Waals surface area contributed by atoms with Gasteiger partial charge in [-0.15, -0.1) is 0 Å². The SMILES string of the molecule is COc1cc(C)c(-c2ccn(C(C)C)n2)cc1C(=O)Nc1cccc(-c2ncnn2[C@H](C)CO)n1. The van der Waals surface area contributed by atoms with E-state index in [1.54, 1.807) is 28.9 Å². The number of nitrogens with zero attached hydrogens (tertiary/aromatic N) is 6. The van der Waals surface area contributed by atoms with Crippen LogP contribution in [0.2, 0.25) is 0 Å². The molecule has 0 aliphatic heterocycles. The minimum atomic E-state index is -0.360. The Morgan fingerprint density at radius 2 is 1.97 bits per heavy atom. The lowest BCUT2D eigenvalue weighted by molar-refractivity contribution is 0.102. The van der Waals surface area contributed by atoms with Crippen LogP contribution < -0.4 is 10.1 Å². The summed E-state index contributed by atoms with van der Waals surface area (Å²) in [6, 6.07) is 10.8. The molecule has 0 spiro atoms. The molecule has 0 saturated heterocycles. The van der Waals surface area contributed by atoms with Crippen molar-refractivity contribution in [2.75, 3.05) is 19.0 Å². The van der Waals surface area contributed by atoms with E-state index in [0.717, 1.165) is 16.8 Å². The molecule has 1 amide bonds. The van der Waals surface area contributed by atoms with Gasteiger partial charge in [0.25, 0.3) is 5.91 Å². The molecule has 4 rings (SSSR count). The van der Waals surface area contributed by atoms with Gasteiger partial charge in [-0.3, -0.25) is 9.48 Å². The van der Waals surface area contributed by atoms with Crippen molar-refractivity contribution in [2.24, 2.45) is 0 Å². The summed E-state index contributed by atoms with van der Waals surface area (Å²) in [7, 11) is 1.53. The van der Waals surface area contributed by atoms with Crippen LogP contribution in [0, 0.1) is 6.92 Å². The molecule has 0 aliphatic carbocycles. The van der Waals surface area contributed by atoms with E-state index in [1.807, 2.05) is 36.9 Å². The van der Waals surface area contributed by atoms with Gasteiger partial charge in [-0.05, 0) is 63.6 Å². The Balaban J connectivity index is 1.65. The van der Waals surface area contributed by atoms with Crippen molar-refractivity contribution in [3.8, 4) is 28.5 Å². The lowest BCUT2D eigenvalue weighted by atomic mass is 10.0. The largest absolute Gasteiger partial charge is 0.496 e. The van der Waals surface area contributed by atoms with Crippen LogP contribution in [0.1, 0.15) is 48.8 Å². The van der Waals surface area contributed by atoms with Crippen LogP contribution in [-0.4, -0.2) is 54.3 Å². The van der Waals surface area contributed by atoms with E-state index >= 15 is 0 Å². The molecule has 182 valence electrons. The van der Waals surface area contributed by atoms with Crippen LogP contribution in [0.5, 0.6) is 5.75 Å². The number of nitrogens with one attached hydrogen (secondary N) is 1. The lowest BCUT2D eigenvalue weighted by Crippen LogP contribution is -2.16. The third-order valence-corrected chi connectivity index (χ3v) is 5.68. The number of pyridine rings is 1. The zero-order chi connectivity index (χ0) is 25.1. The van der Waals surface area contributed by atoms with Crippen LogP contribution in [-0.2, 0) is 0 Å². The number of anilines is 1. The maximum atomic E-state index is 13.3. The number of ether oxygens (including phenoxy) is 1. The topological polar surface area (TPSA) is 120 Å². The summed E-state index contributed by atoms with van der Waals surface area (Å²) in [6.07, 6.45) is 3.34. The average Bonchev–Trinajstić information content (AvgIpc) is 3.54. The van der Waals surface area contributed by atoms with E-state index in [9.17, 15) is 9.90 Å². The van der Waals surface area contributed by atoms with Gasteiger partial charge < -0.3 is 15.2 Å². The Bertz CT molecular complexity index is 1340. The summed E-state index contributed by atoms with van der Waals surface area (Å²) in [5, 5.41) is 21.2. The number of methoxy groups -OCH3 is 1. The highest BCUT2D eigenvalue weighted by Gasteiger charge is 2.19. The minimum absolute atomic E-state index is 0.0856. The fourth-order valence-corrected chi connectivity index (χ4v) is 3.72. The van der Waals surface area contributed by atoms with Crippen molar-refractivity contribution in [3.05, 3.63) is 60.0 Å². The highest BCUT2D eigenvalue weighted by atomic mass is 16.5. The summed E-state index contributed by atoms with van der Waals surface area (Å²) in [6.45, 7) is 7.82. The zero-order valence-corrected chi connectivity index (χ0v) is 20.4. The number of amides is 1. The van der Waals surface area contributed by atoms with Gasteiger partial charge in [-0.1, -0.05) is 6.07 Å². The van der Waals surface area contributed by atoms with Gasteiger partial charge in [0.15, 0.2) is 5.82 Å². The molecular weight excluding hydrogens is 446 g/mol.